The lowest BCUT2D eigenvalue weighted by molar-refractivity contribution is -0.0448. The fourth-order valence-electron chi connectivity index (χ4n) is 2.05. The normalized spacial score (nSPS) is 29.5. The summed E-state index contributed by atoms with van der Waals surface area (Å²) >= 11 is 4.09. The third-order valence-electron chi connectivity index (χ3n) is 3.07. The van der Waals surface area contributed by atoms with Gasteiger partial charge >= 0.3 is 21.3 Å². The van der Waals surface area contributed by atoms with Gasteiger partial charge in [0, 0.05) is 12.3 Å². The minimum absolute atomic E-state index is 0.647. The van der Waals surface area contributed by atoms with Crippen molar-refractivity contribution in [2.45, 2.75) is 23.7 Å². The van der Waals surface area contributed by atoms with Crippen molar-refractivity contribution in [3.05, 3.63) is 33.1 Å². The van der Waals surface area contributed by atoms with Crippen LogP contribution in [-0.2, 0) is 22.7 Å². The molecule has 142 valence electrons. The first-order valence-corrected chi connectivity index (χ1v) is 10.0. The number of nitrogens with zero attached hydrogens (tertiary/aromatic N) is 1. The van der Waals surface area contributed by atoms with Crippen molar-refractivity contribution < 1.29 is 42.5 Å². The van der Waals surface area contributed by atoms with Gasteiger partial charge in [-0.3, -0.25) is 18.9 Å². The molecule has 0 aliphatic carbocycles. The molecule has 1 aromatic heterocycles. The summed E-state index contributed by atoms with van der Waals surface area (Å²) in [6.07, 6.45) is -2.68. The number of nitrogens with one attached hydrogen (secondary N) is 1. The summed E-state index contributed by atoms with van der Waals surface area (Å²) in [5.41, 5.74) is -1.48. The number of hydrogen-bond acceptors (Lipinski definition) is 9. The lowest BCUT2D eigenvalue weighted by Crippen LogP contribution is -2.35. The second-order valence-corrected chi connectivity index (χ2v) is 8.33. The molecule has 5 N–H and O–H groups in total. The molecule has 1 fully saturated rings. The highest BCUT2D eigenvalue weighted by Gasteiger charge is 2.44. The number of thiol groups is 1. The van der Waals surface area contributed by atoms with E-state index < -0.39 is 57.2 Å². The highest BCUT2D eigenvalue weighted by molar-refractivity contribution is 7.81. The summed E-state index contributed by atoms with van der Waals surface area (Å²) in [6, 6.07) is 1.04. The predicted molar refractivity (Wildman–Crippen MR) is 82.9 cm³/mol. The van der Waals surface area contributed by atoms with Crippen LogP contribution >= 0.6 is 28.3 Å². The second kappa shape index (κ2) is 7.45. The average Bonchev–Trinajstić information content (AvgIpc) is 2.71. The van der Waals surface area contributed by atoms with Gasteiger partial charge in [0.25, 0.3) is 5.56 Å². The molecule has 25 heavy (non-hydrogen) atoms. The molecule has 1 unspecified atom stereocenters. The van der Waals surface area contributed by atoms with E-state index in [2.05, 4.69) is 21.5 Å². The van der Waals surface area contributed by atoms with Crippen LogP contribution in [0, 0.1) is 0 Å². The zero-order valence-corrected chi connectivity index (χ0v) is 14.8. The average molecular weight is 420 g/mol. The van der Waals surface area contributed by atoms with Gasteiger partial charge in [0.05, 0.1) is 18.0 Å². The Morgan fingerprint density at radius 3 is 2.52 bits per heavy atom. The summed E-state index contributed by atoms with van der Waals surface area (Å²) < 4.78 is 36.2. The molecule has 1 aromatic rings. The van der Waals surface area contributed by atoms with Crippen molar-refractivity contribution >= 4 is 28.3 Å². The SMILES string of the molecule is O=c1ccn([C@@H]2O[C@H](COP(=O)(O)OP(=O)(O)O)[C@@H](O)[C@H]2S)c(=O)[nH]1. The number of ether oxygens (including phenoxy) is 1. The van der Waals surface area contributed by atoms with Crippen LogP contribution in [0.2, 0.25) is 0 Å². The molecule has 0 aromatic carbocycles. The lowest BCUT2D eigenvalue weighted by Gasteiger charge is -2.18. The van der Waals surface area contributed by atoms with Crippen molar-refractivity contribution in [3.63, 3.8) is 0 Å². The summed E-state index contributed by atoms with van der Waals surface area (Å²) in [5.74, 6) is 0. The third kappa shape index (κ3) is 5.34. The van der Waals surface area contributed by atoms with Crippen molar-refractivity contribution in [2.24, 2.45) is 0 Å². The molecule has 5 atom stereocenters. The molecule has 2 heterocycles. The molecule has 16 heteroatoms. The van der Waals surface area contributed by atoms with E-state index in [9.17, 15) is 28.7 Å². The van der Waals surface area contributed by atoms with E-state index in [1.165, 1.54) is 0 Å². The first kappa shape index (κ1) is 20.5. The molecular weight excluding hydrogens is 406 g/mol. The molecule has 0 radical (unpaired) electrons. The van der Waals surface area contributed by atoms with Gasteiger partial charge < -0.3 is 24.5 Å². The smallest absolute Gasteiger partial charge is 0.389 e. The summed E-state index contributed by atoms with van der Waals surface area (Å²) in [6.45, 7) is -0.791. The highest BCUT2D eigenvalue weighted by atomic mass is 32.1. The van der Waals surface area contributed by atoms with E-state index in [1.807, 2.05) is 4.98 Å². The van der Waals surface area contributed by atoms with Crippen LogP contribution in [-0.4, -0.2) is 53.4 Å². The van der Waals surface area contributed by atoms with Crippen LogP contribution in [0.5, 0.6) is 0 Å². The van der Waals surface area contributed by atoms with Crippen LogP contribution in [0.4, 0.5) is 0 Å². The van der Waals surface area contributed by atoms with Crippen molar-refractivity contribution in [1.29, 1.82) is 0 Å². The first-order chi connectivity index (χ1) is 11.4. The van der Waals surface area contributed by atoms with E-state index in [4.69, 9.17) is 14.5 Å². The van der Waals surface area contributed by atoms with Gasteiger partial charge in [-0.05, 0) is 0 Å². The zero-order valence-electron chi connectivity index (χ0n) is 12.1. The molecule has 1 aliphatic rings. The van der Waals surface area contributed by atoms with E-state index >= 15 is 0 Å². The lowest BCUT2D eigenvalue weighted by atomic mass is 10.2. The molecule has 0 bridgehead atoms. The van der Waals surface area contributed by atoms with E-state index in [0.717, 1.165) is 16.8 Å². The number of aliphatic hydroxyl groups excluding tert-OH is 1. The molecule has 1 aliphatic heterocycles. The Kier molecular flexibility index (Phi) is 6.11. The highest BCUT2D eigenvalue weighted by Crippen LogP contribution is 2.57. The van der Waals surface area contributed by atoms with Gasteiger partial charge in [0.1, 0.15) is 6.10 Å². The van der Waals surface area contributed by atoms with Crippen molar-refractivity contribution in [1.82, 2.24) is 9.55 Å². The Morgan fingerprint density at radius 1 is 1.32 bits per heavy atom. The number of H-pyrrole nitrogens is 1. The maximum Gasteiger partial charge on any atom is 0.481 e. The largest absolute Gasteiger partial charge is 0.481 e. The fraction of sp³-hybridized carbons (Fsp3) is 0.556. The zero-order chi connectivity index (χ0) is 19.0. The molecular formula is C9H14N2O11P2S. The summed E-state index contributed by atoms with van der Waals surface area (Å²) in [5, 5.41) is 9.06. The Bertz CT molecular complexity index is 833. The predicted octanol–water partition coefficient (Wildman–Crippen LogP) is -1.68. The van der Waals surface area contributed by atoms with Crippen LogP contribution < -0.4 is 11.2 Å². The van der Waals surface area contributed by atoms with Gasteiger partial charge in [-0.2, -0.15) is 16.9 Å². The Labute approximate surface area is 144 Å². The Morgan fingerprint density at radius 2 is 1.96 bits per heavy atom. The van der Waals surface area contributed by atoms with Crippen LogP contribution in [0.15, 0.2) is 21.9 Å². The molecule has 1 saturated heterocycles. The Balaban J connectivity index is 2.09. The van der Waals surface area contributed by atoms with E-state index in [-0.39, 0.29) is 0 Å². The van der Waals surface area contributed by atoms with Gasteiger partial charge in [-0.25, -0.2) is 13.9 Å². The molecule has 2 rings (SSSR count). The van der Waals surface area contributed by atoms with Crippen LogP contribution in [0.3, 0.4) is 0 Å². The van der Waals surface area contributed by atoms with E-state index in [0.29, 0.717) is 0 Å². The van der Waals surface area contributed by atoms with Gasteiger partial charge in [-0.15, -0.1) is 0 Å². The number of aromatic nitrogens is 2. The molecule has 0 amide bonds. The number of aliphatic hydroxyl groups is 1. The second-order valence-electron chi connectivity index (χ2n) is 4.90. The van der Waals surface area contributed by atoms with Crippen LogP contribution in [0.25, 0.3) is 0 Å². The topological polar surface area (TPSA) is 198 Å². The number of phosphoric ester groups is 1. The number of rotatable bonds is 6. The van der Waals surface area contributed by atoms with Crippen LogP contribution in [0.1, 0.15) is 6.23 Å². The Hall–Kier alpha value is -0.790. The number of phosphoric acid groups is 2. The minimum Gasteiger partial charge on any atom is -0.389 e. The van der Waals surface area contributed by atoms with E-state index in [1.54, 1.807) is 0 Å². The van der Waals surface area contributed by atoms with Gasteiger partial charge in [0.15, 0.2) is 6.23 Å². The molecule has 0 saturated carbocycles. The fourth-order valence-corrected chi connectivity index (χ4v) is 4.06. The molecule has 0 spiro atoms. The monoisotopic (exact) mass is 420 g/mol. The summed E-state index contributed by atoms with van der Waals surface area (Å²) in [7, 11) is -10.4. The molecule has 13 nitrogen and oxygen atoms in total. The minimum atomic E-state index is -5.28. The standard InChI is InChI=1S/C9H14N2O11P2S/c12-5-1-2-11(9(14)10-5)8-7(25)6(13)4(21-8)3-20-24(18,19)22-23(15,16)17/h1-2,4,6-8,13,25H,3H2,(H,18,19)(H,10,12,14)(H2,15,16,17)/t4-,6-,7-,8-/m1/s1. The quantitative estimate of drug-likeness (QED) is 0.227. The van der Waals surface area contributed by atoms with Gasteiger partial charge in [-0.1, -0.05) is 0 Å². The maximum atomic E-state index is 11.7. The maximum absolute atomic E-state index is 11.7. The van der Waals surface area contributed by atoms with Crippen molar-refractivity contribution in [2.75, 3.05) is 6.61 Å². The number of aromatic amines is 1. The number of hydrogen-bond donors (Lipinski definition) is 6. The van der Waals surface area contributed by atoms with Crippen molar-refractivity contribution in [3.8, 4) is 0 Å². The first-order valence-electron chi connectivity index (χ1n) is 6.47. The van der Waals surface area contributed by atoms with Gasteiger partial charge in [0.2, 0.25) is 0 Å². The third-order valence-corrected chi connectivity index (χ3v) is 5.79. The summed E-state index contributed by atoms with van der Waals surface area (Å²) in [4.78, 5) is 51.0.